The van der Waals surface area contributed by atoms with Crippen molar-refractivity contribution in [2.24, 2.45) is 0 Å². The third-order valence-electron chi connectivity index (χ3n) is 4.62. The van der Waals surface area contributed by atoms with Gasteiger partial charge in [0.1, 0.15) is 5.69 Å². The van der Waals surface area contributed by atoms with Crippen LogP contribution < -0.4 is 10.6 Å². The van der Waals surface area contributed by atoms with Gasteiger partial charge in [-0.25, -0.2) is 5.01 Å². The van der Waals surface area contributed by atoms with Crippen LogP contribution in [0.2, 0.25) is 0 Å². The Morgan fingerprint density at radius 3 is 2.31 bits per heavy atom. The standard InChI is InChI=1S/C20H18N4O2/c1-14-20(26)24-19(22-21-14)17(16-10-6-3-7-11-16)12-18(25)23(24)13-15-8-4-2-5-9-15/h2-11,17H,12-13H2,1H3. The van der Waals surface area contributed by atoms with Crippen molar-refractivity contribution >= 4 is 5.91 Å². The van der Waals surface area contributed by atoms with E-state index in [0.29, 0.717) is 12.4 Å². The molecule has 130 valence electrons. The first-order chi connectivity index (χ1) is 12.6. The van der Waals surface area contributed by atoms with E-state index in [1.54, 1.807) is 6.92 Å². The van der Waals surface area contributed by atoms with Crippen molar-refractivity contribution in [2.45, 2.75) is 25.8 Å². The lowest BCUT2D eigenvalue weighted by atomic mass is 9.93. The van der Waals surface area contributed by atoms with Gasteiger partial charge in [0.2, 0.25) is 5.91 Å². The first-order valence-electron chi connectivity index (χ1n) is 8.51. The average Bonchev–Trinajstić information content (AvgIpc) is 2.68. The van der Waals surface area contributed by atoms with E-state index in [0.717, 1.165) is 11.1 Å². The van der Waals surface area contributed by atoms with Crippen molar-refractivity contribution in [3.63, 3.8) is 0 Å². The number of carbonyl (C=O) groups is 1. The van der Waals surface area contributed by atoms with E-state index in [4.69, 9.17) is 0 Å². The summed E-state index contributed by atoms with van der Waals surface area (Å²) < 4.78 is 1.40. The van der Waals surface area contributed by atoms with Crippen LogP contribution in [-0.2, 0) is 11.3 Å². The van der Waals surface area contributed by atoms with Crippen LogP contribution in [0.25, 0.3) is 0 Å². The molecule has 1 unspecified atom stereocenters. The van der Waals surface area contributed by atoms with Gasteiger partial charge < -0.3 is 0 Å². The monoisotopic (exact) mass is 346 g/mol. The normalized spacial score (nSPS) is 16.4. The van der Waals surface area contributed by atoms with Crippen LogP contribution >= 0.6 is 0 Å². The number of aromatic nitrogens is 3. The highest BCUT2D eigenvalue weighted by molar-refractivity contribution is 5.88. The molecule has 6 nitrogen and oxygen atoms in total. The van der Waals surface area contributed by atoms with Gasteiger partial charge in [-0.2, -0.15) is 4.68 Å². The highest BCUT2D eigenvalue weighted by Crippen LogP contribution is 2.30. The van der Waals surface area contributed by atoms with E-state index in [1.165, 1.54) is 9.69 Å². The third-order valence-corrected chi connectivity index (χ3v) is 4.62. The quantitative estimate of drug-likeness (QED) is 0.729. The van der Waals surface area contributed by atoms with Crippen molar-refractivity contribution in [3.05, 3.63) is 93.7 Å². The smallest absolute Gasteiger partial charge is 0.273 e. The van der Waals surface area contributed by atoms with Crippen LogP contribution in [-0.4, -0.2) is 20.8 Å². The summed E-state index contributed by atoms with van der Waals surface area (Å²) in [4.78, 5) is 25.7. The molecule has 2 heterocycles. The van der Waals surface area contributed by atoms with E-state index < -0.39 is 0 Å². The summed E-state index contributed by atoms with van der Waals surface area (Å²) in [7, 11) is 0. The van der Waals surface area contributed by atoms with E-state index in [2.05, 4.69) is 10.2 Å². The Labute approximate surface area is 150 Å². The Balaban J connectivity index is 1.84. The molecule has 1 amide bonds. The number of amides is 1. The Hall–Kier alpha value is -3.28. The molecule has 0 spiro atoms. The Morgan fingerprint density at radius 1 is 0.962 bits per heavy atom. The van der Waals surface area contributed by atoms with E-state index in [-0.39, 0.29) is 29.5 Å². The lowest BCUT2D eigenvalue weighted by Gasteiger charge is -2.34. The summed E-state index contributed by atoms with van der Waals surface area (Å²) in [5.74, 6) is 0.114. The molecule has 0 saturated heterocycles. The molecule has 1 aliphatic heterocycles. The van der Waals surface area contributed by atoms with Crippen molar-refractivity contribution in [1.82, 2.24) is 14.9 Å². The summed E-state index contributed by atoms with van der Waals surface area (Å²) >= 11 is 0. The van der Waals surface area contributed by atoms with Gasteiger partial charge in [0, 0.05) is 6.42 Å². The van der Waals surface area contributed by atoms with E-state index >= 15 is 0 Å². The second kappa shape index (κ2) is 6.55. The molecule has 0 fully saturated rings. The molecule has 3 aromatic rings. The number of nitrogens with zero attached hydrogens (tertiary/aromatic N) is 4. The maximum absolute atomic E-state index is 12.9. The number of hydrogen-bond acceptors (Lipinski definition) is 4. The second-order valence-corrected chi connectivity index (χ2v) is 6.36. The third kappa shape index (κ3) is 2.79. The summed E-state index contributed by atoms with van der Waals surface area (Å²) in [5, 5.41) is 9.78. The predicted molar refractivity (Wildman–Crippen MR) is 97.3 cm³/mol. The van der Waals surface area contributed by atoms with Gasteiger partial charge in [0.25, 0.3) is 5.56 Å². The first kappa shape index (κ1) is 16.2. The maximum atomic E-state index is 12.9. The van der Waals surface area contributed by atoms with Crippen LogP contribution in [0.15, 0.2) is 65.5 Å². The first-order valence-corrected chi connectivity index (χ1v) is 8.51. The number of fused-ring (bicyclic) bond motifs is 1. The van der Waals surface area contributed by atoms with E-state index in [9.17, 15) is 9.59 Å². The van der Waals surface area contributed by atoms with Crippen LogP contribution in [0.3, 0.4) is 0 Å². The summed E-state index contributed by atoms with van der Waals surface area (Å²) in [6.07, 6.45) is 0.258. The van der Waals surface area contributed by atoms with Crippen molar-refractivity contribution in [2.75, 3.05) is 5.01 Å². The van der Waals surface area contributed by atoms with Gasteiger partial charge in [-0.15, -0.1) is 10.2 Å². The Kier molecular flexibility index (Phi) is 4.08. The zero-order valence-corrected chi connectivity index (χ0v) is 14.4. The molecule has 1 atom stereocenters. The molecular weight excluding hydrogens is 328 g/mol. The van der Waals surface area contributed by atoms with Gasteiger partial charge in [0.15, 0.2) is 5.82 Å². The molecule has 0 bridgehead atoms. The molecule has 0 N–H and O–H groups in total. The highest BCUT2D eigenvalue weighted by atomic mass is 16.2. The topological polar surface area (TPSA) is 68.1 Å². The van der Waals surface area contributed by atoms with Crippen LogP contribution in [0, 0.1) is 6.92 Å². The van der Waals surface area contributed by atoms with Crippen LogP contribution in [0.5, 0.6) is 0 Å². The van der Waals surface area contributed by atoms with Crippen LogP contribution in [0.1, 0.15) is 35.0 Å². The lowest BCUT2D eigenvalue weighted by Crippen LogP contribution is -2.52. The van der Waals surface area contributed by atoms with Crippen molar-refractivity contribution < 1.29 is 4.79 Å². The zero-order valence-electron chi connectivity index (χ0n) is 14.4. The second-order valence-electron chi connectivity index (χ2n) is 6.36. The van der Waals surface area contributed by atoms with E-state index in [1.807, 2.05) is 60.7 Å². The molecular formula is C20H18N4O2. The largest absolute Gasteiger partial charge is 0.294 e. The number of aryl methyl sites for hydroxylation is 1. The SMILES string of the molecule is Cc1nnc2n(c1=O)N(Cc1ccccc1)C(=O)CC2c1ccccc1. The Bertz CT molecular complexity index is 999. The molecule has 1 aliphatic rings. The number of rotatable bonds is 3. The molecule has 26 heavy (non-hydrogen) atoms. The van der Waals surface area contributed by atoms with Crippen LogP contribution in [0.4, 0.5) is 0 Å². The minimum Gasteiger partial charge on any atom is -0.273 e. The molecule has 0 aliphatic carbocycles. The van der Waals surface area contributed by atoms with Gasteiger partial charge in [-0.3, -0.25) is 9.59 Å². The van der Waals surface area contributed by atoms with Gasteiger partial charge in [-0.05, 0) is 18.1 Å². The zero-order chi connectivity index (χ0) is 18.1. The fourth-order valence-electron chi connectivity index (χ4n) is 3.27. The minimum absolute atomic E-state index is 0.107. The maximum Gasteiger partial charge on any atom is 0.294 e. The summed E-state index contributed by atoms with van der Waals surface area (Å²) in [5.41, 5.74) is 1.87. The molecule has 0 radical (unpaired) electrons. The average molecular weight is 346 g/mol. The minimum atomic E-state index is -0.306. The fraction of sp³-hybridized carbons (Fsp3) is 0.200. The van der Waals surface area contributed by atoms with Gasteiger partial charge in [0.05, 0.1) is 12.5 Å². The summed E-state index contributed by atoms with van der Waals surface area (Å²) in [6, 6.07) is 19.3. The number of carbonyl (C=O) groups excluding carboxylic acids is 1. The summed E-state index contributed by atoms with van der Waals surface area (Å²) in [6.45, 7) is 1.93. The predicted octanol–water partition coefficient (Wildman–Crippen LogP) is 2.15. The molecule has 1 aromatic heterocycles. The molecule has 2 aromatic carbocycles. The van der Waals surface area contributed by atoms with Crippen molar-refractivity contribution in [3.8, 4) is 0 Å². The fourth-order valence-corrected chi connectivity index (χ4v) is 3.27. The number of benzene rings is 2. The van der Waals surface area contributed by atoms with Crippen molar-refractivity contribution in [1.29, 1.82) is 0 Å². The van der Waals surface area contributed by atoms with Gasteiger partial charge in [-0.1, -0.05) is 60.7 Å². The molecule has 4 rings (SSSR count). The number of hydrogen-bond donors (Lipinski definition) is 0. The molecule has 0 saturated carbocycles. The van der Waals surface area contributed by atoms with Gasteiger partial charge >= 0.3 is 0 Å². The molecule has 6 heteroatoms. The Morgan fingerprint density at radius 2 is 1.62 bits per heavy atom. The highest BCUT2D eigenvalue weighted by Gasteiger charge is 2.35. The lowest BCUT2D eigenvalue weighted by molar-refractivity contribution is -0.121.